The molecular weight excluding hydrogens is 732 g/mol. The normalized spacial score (nSPS) is 28.1. The average molecular weight is 776 g/mol. The second kappa shape index (κ2) is 14.6. The fraction of sp³-hybridized carbons (Fsp3) is 0.364. The van der Waals surface area contributed by atoms with Crippen molar-refractivity contribution >= 4 is 34.8 Å². The zero-order valence-corrected chi connectivity index (χ0v) is 31.2. The Morgan fingerprint density at radius 2 is 1.96 bits per heavy atom. The average Bonchev–Trinajstić information content (AvgIpc) is 3.98. The highest BCUT2D eigenvalue weighted by Gasteiger charge is 2.57. The van der Waals surface area contributed by atoms with Gasteiger partial charge in [0, 0.05) is 36.8 Å². The highest BCUT2D eigenvalue weighted by molar-refractivity contribution is 6.11. The lowest BCUT2D eigenvalue weighted by Crippen LogP contribution is -2.69. The maximum Gasteiger partial charge on any atom is 0.254 e. The van der Waals surface area contributed by atoms with E-state index in [9.17, 15) is 35.1 Å². The molecule has 3 aromatic rings. The summed E-state index contributed by atoms with van der Waals surface area (Å²) in [6, 6.07) is 10.8. The van der Waals surface area contributed by atoms with Gasteiger partial charge in [-0.05, 0) is 65.6 Å². The summed E-state index contributed by atoms with van der Waals surface area (Å²) in [7, 11) is 1.47. The standard InChI is InChI=1S/C44H42N2O11/c1-54-34-17-25-16-29(23-8-2-3-9-23)37(32(48)20-46-19-24-10-4-5-11-26(24)42(46)52)39(50)36(25)40-28(34)14-15-33(30-18-45-31-13-7-6-12-27(30)31)55-21-35-38(49)41(51)44(53,22-47)43(56-35)57-40/h4-7,10-18,23,33,35,38,41,43,47,49,51,53H,2-3,8-9,19-22H2,1H3/p+1. The molecular formula is C44H43N2O11+. The Morgan fingerprint density at radius 3 is 2.74 bits per heavy atom. The molecule has 6 atom stereocenters. The van der Waals surface area contributed by atoms with Crippen LogP contribution in [0.25, 0.3) is 16.8 Å². The van der Waals surface area contributed by atoms with Crippen LogP contribution in [0.3, 0.4) is 0 Å². The lowest BCUT2D eigenvalue weighted by atomic mass is 9.86. The molecule has 1 amide bonds. The quantitative estimate of drug-likeness (QED) is 0.172. The van der Waals surface area contributed by atoms with Gasteiger partial charge < -0.3 is 49.4 Å². The van der Waals surface area contributed by atoms with Crippen molar-refractivity contribution in [2.24, 2.45) is 4.99 Å². The minimum atomic E-state index is -2.55. The number of rotatable bonds is 7. The largest absolute Gasteiger partial charge is 0.506 e. The highest BCUT2D eigenvalue weighted by atomic mass is 16.7. The fourth-order valence-corrected chi connectivity index (χ4v) is 8.96. The summed E-state index contributed by atoms with van der Waals surface area (Å²) in [5.74, 6) is -0.956. The van der Waals surface area contributed by atoms with Crippen molar-refractivity contribution in [2.75, 3.05) is 26.9 Å². The first-order chi connectivity index (χ1) is 27.6. The molecule has 0 spiro atoms. The predicted molar refractivity (Wildman–Crippen MR) is 208 cm³/mol. The van der Waals surface area contributed by atoms with E-state index in [2.05, 4.69) is 4.99 Å². The number of hydrogen-bond donors (Lipinski definition) is 5. The summed E-state index contributed by atoms with van der Waals surface area (Å²) in [6.45, 7) is -1.37. The number of allylic oxidation sites excluding steroid dienone is 4. The SMILES string of the molecule is COc1cc2cc(C3CCCC3)c(C(=O)CN3Cc4ccccc4C3=O)c(O)c2c2c1C=CC(C1=C3[CH+]C=CC=C3N=C1)OCC1OC(O2)C(O)(CO)C(O)C1O. The van der Waals surface area contributed by atoms with Crippen molar-refractivity contribution in [3.8, 4) is 17.2 Å². The molecule has 294 valence electrons. The Hall–Kier alpha value is -5.28. The molecule has 9 rings (SSSR count). The number of aliphatic hydroxyl groups excluding tert-OH is 3. The van der Waals surface area contributed by atoms with Gasteiger partial charge in [-0.3, -0.25) is 9.59 Å². The van der Waals surface area contributed by atoms with Crippen LogP contribution in [-0.2, 0) is 16.0 Å². The van der Waals surface area contributed by atoms with E-state index in [0.29, 0.717) is 27.8 Å². The van der Waals surface area contributed by atoms with E-state index in [4.69, 9.17) is 18.9 Å². The van der Waals surface area contributed by atoms with E-state index in [1.165, 1.54) is 12.0 Å². The first kappa shape index (κ1) is 37.3. The number of aliphatic imine (C=N–C) groups is 1. The number of aromatic hydroxyl groups is 1. The van der Waals surface area contributed by atoms with E-state index in [-0.39, 0.29) is 53.8 Å². The van der Waals surface area contributed by atoms with E-state index >= 15 is 0 Å². The van der Waals surface area contributed by atoms with Gasteiger partial charge in [-0.2, -0.15) is 4.99 Å². The second-order valence-electron chi connectivity index (χ2n) is 15.4. The number of phenolic OH excluding ortho intramolecular Hbond substituents is 1. The Bertz CT molecular complexity index is 2320. The fourth-order valence-electron chi connectivity index (χ4n) is 8.96. The number of fused-ring (bicyclic) bond motifs is 7. The first-order valence-corrected chi connectivity index (χ1v) is 19.2. The van der Waals surface area contributed by atoms with Crippen molar-refractivity contribution in [2.45, 2.75) is 74.5 Å². The number of amides is 1. The third-order valence-corrected chi connectivity index (χ3v) is 12.1. The van der Waals surface area contributed by atoms with E-state index in [0.717, 1.165) is 42.5 Å². The summed E-state index contributed by atoms with van der Waals surface area (Å²) in [6.07, 6.45) is 8.63. The molecule has 1 saturated heterocycles. The molecule has 3 aromatic carbocycles. The molecule has 6 aliphatic rings. The van der Waals surface area contributed by atoms with E-state index in [1.54, 1.807) is 36.6 Å². The molecule has 1 saturated carbocycles. The number of aliphatic hydroxyl groups is 4. The van der Waals surface area contributed by atoms with Crippen molar-refractivity contribution in [3.05, 3.63) is 112 Å². The molecule has 5 N–H and O–H groups in total. The van der Waals surface area contributed by atoms with Crippen molar-refractivity contribution in [3.63, 3.8) is 0 Å². The number of carbonyl (C=O) groups excluding carboxylic acids is 2. The monoisotopic (exact) mass is 775 g/mol. The smallest absolute Gasteiger partial charge is 0.254 e. The van der Waals surface area contributed by atoms with E-state index in [1.807, 2.05) is 42.8 Å². The molecule has 4 aliphatic heterocycles. The number of ether oxygens (including phenoxy) is 4. The minimum absolute atomic E-state index is 0.0424. The highest BCUT2D eigenvalue weighted by Crippen LogP contribution is 2.50. The van der Waals surface area contributed by atoms with Crippen LogP contribution >= 0.6 is 0 Å². The zero-order chi connectivity index (χ0) is 39.6. The number of phenols is 1. The van der Waals surface area contributed by atoms with Crippen molar-refractivity contribution in [1.82, 2.24) is 4.90 Å². The van der Waals surface area contributed by atoms with Gasteiger partial charge in [0.25, 0.3) is 5.91 Å². The number of carbonyl (C=O) groups is 2. The van der Waals surface area contributed by atoms with Gasteiger partial charge in [0.05, 0.1) is 55.2 Å². The molecule has 57 heavy (non-hydrogen) atoms. The molecule has 2 fully saturated rings. The van der Waals surface area contributed by atoms with Gasteiger partial charge in [-0.1, -0.05) is 31.0 Å². The van der Waals surface area contributed by atoms with Crippen molar-refractivity contribution < 1.29 is 54.1 Å². The van der Waals surface area contributed by atoms with Gasteiger partial charge in [-0.25, -0.2) is 0 Å². The number of Topliss-reactive ketones (excluding diaryl/α,β-unsaturated/α-hetero) is 1. The van der Waals surface area contributed by atoms with Gasteiger partial charge in [-0.15, -0.1) is 0 Å². The van der Waals surface area contributed by atoms with Crippen LogP contribution in [0.15, 0.2) is 82.5 Å². The number of benzene rings is 3. The Balaban J connectivity index is 1.24. The molecule has 2 aliphatic carbocycles. The summed E-state index contributed by atoms with van der Waals surface area (Å²) in [5.41, 5.74) is 2.02. The van der Waals surface area contributed by atoms with Crippen LogP contribution in [0.4, 0.5) is 0 Å². The van der Waals surface area contributed by atoms with Crippen molar-refractivity contribution in [1.29, 1.82) is 0 Å². The van der Waals surface area contributed by atoms with Gasteiger partial charge in [0.15, 0.2) is 17.1 Å². The second-order valence-corrected chi connectivity index (χ2v) is 15.4. The maximum absolute atomic E-state index is 14.6. The molecule has 2 bridgehead atoms. The summed E-state index contributed by atoms with van der Waals surface area (Å²) in [4.78, 5) is 34.0. The molecule has 13 nitrogen and oxygen atoms in total. The molecule has 4 heterocycles. The Labute approximate surface area is 328 Å². The van der Waals surface area contributed by atoms with Crippen LogP contribution in [0.1, 0.15) is 69.0 Å². The minimum Gasteiger partial charge on any atom is -0.506 e. The predicted octanol–water partition coefficient (Wildman–Crippen LogP) is 4.05. The molecule has 0 aromatic heterocycles. The van der Waals surface area contributed by atoms with Crippen LogP contribution < -0.4 is 9.47 Å². The zero-order valence-electron chi connectivity index (χ0n) is 31.2. The lowest BCUT2D eigenvalue weighted by molar-refractivity contribution is -0.329. The summed E-state index contributed by atoms with van der Waals surface area (Å²) >= 11 is 0. The molecule has 6 unspecified atom stereocenters. The number of methoxy groups -OCH3 is 1. The van der Waals surface area contributed by atoms with Crippen LogP contribution in [-0.4, -0.2) is 112 Å². The Morgan fingerprint density at radius 1 is 1.16 bits per heavy atom. The van der Waals surface area contributed by atoms with E-state index < -0.39 is 54.4 Å². The molecule has 0 radical (unpaired) electrons. The number of hydrogen-bond acceptors (Lipinski definition) is 12. The van der Waals surface area contributed by atoms with Gasteiger partial charge in [0.2, 0.25) is 6.29 Å². The third kappa shape index (κ3) is 6.17. The third-order valence-electron chi connectivity index (χ3n) is 12.1. The topological polar surface area (TPSA) is 188 Å². The van der Waals surface area contributed by atoms with Crippen LogP contribution in [0, 0.1) is 6.42 Å². The number of ketones is 1. The Kier molecular flexibility index (Phi) is 9.55. The molecule has 13 heteroatoms. The van der Waals surface area contributed by atoms with Crippen LogP contribution in [0.2, 0.25) is 0 Å². The first-order valence-electron chi connectivity index (χ1n) is 19.2. The van der Waals surface area contributed by atoms with Gasteiger partial charge in [0.1, 0.15) is 47.2 Å². The van der Waals surface area contributed by atoms with Crippen LogP contribution in [0.5, 0.6) is 17.2 Å². The summed E-state index contributed by atoms with van der Waals surface area (Å²) in [5, 5.41) is 57.7. The number of nitrogens with zero attached hydrogens (tertiary/aromatic N) is 2. The lowest BCUT2D eigenvalue weighted by Gasteiger charge is -2.47. The van der Waals surface area contributed by atoms with Gasteiger partial charge >= 0.3 is 0 Å². The maximum atomic E-state index is 14.6. The summed E-state index contributed by atoms with van der Waals surface area (Å²) < 4.78 is 25.0.